The molecule has 0 aromatic heterocycles. The maximum atomic E-state index is 12.7. The van der Waals surface area contributed by atoms with Crippen LogP contribution in [0.3, 0.4) is 0 Å². The first kappa shape index (κ1) is 14.5. The lowest BCUT2D eigenvalue weighted by Crippen LogP contribution is -2.29. The second-order valence-electron chi connectivity index (χ2n) is 5.45. The first-order chi connectivity index (χ1) is 8.86. The van der Waals surface area contributed by atoms with E-state index < -0.39 is 10.0 Å². The van der Waals surface area contributed by atoms with E-state index >= 15 is 0 Å². The summed E-state index contributed by atoms with van der Waals surface area (Å²) in [6, 6.07) is 3.43. The van der Waals surface area contributed by atoms with E-state index in [1.54, 1.807) is 10.4 Å². The minimum atomic E-state index is -3.44. The molecule has 1 fully saturated rings. The van der Waals surface area contributed by atoms with Crippen molar-refractivity contribution in [2.24, 2.45) is 5.92 Å². The van der Waals surface area contributed by atoms with Crippen LogP contribution in [0.5, 0.6) is 0 Å². The number of benzene rings is 1. The molecule has 1 N–H and O–H groups in total. The normalized spacial score (nSPS) is 20.9. The Hall–Kier alpha value is -0.910. The van der Waals surface area contributed by atoms with Crippen molar-refractivity contribution in [2.75, 3.05) is 13.1 Å². The molecule has 2 rings (SSSR count). The van der Waals surface area contributed by atoms with Gasteiger partial charge in [-0.1, -0.05) is 13.0 Å². The smallest absolute Gasteiger partial charge is 0.243 e. The molecule has 1 saturated heterocycles. The van der Waals surface area contributed by atoms with Gasteiger partial charge in [0.05, 0.1) is 11.5 Å². The van der Waals surface area contributed by atoms with Gasteiger partial charge in [-0.3, -0.25) is 0 Å². The summed E-state index contributed by atoms with van der Waals surface area (Å²) in [6.45, 7) is 6.80. The molecule has 4 nitrogen and oxygen atoms in total. The third-order valence-corrected chi connectivity index (χ3v) is 5.86. The molecular formula is C14H21NO3S. The van der Waals surface area contributed by atoms with E-state index in [9.17, 15) is 13.5 Å². The molecule has 5 heteroatoms. The van der Waals surface area contributed by atoms with Gasteiger partial charge in [-0.25, -0.2) is 8.42 Å². The molecule has 0 spiro atoms. The summed E-state index contributed by atoms with van der Waals surface area (Å²) in [5.41, 5.74) is 2.32. The number of hydrogen-bond donors (Lipinski definition) is 1. The fourth-order valence-electron chi connectivity index (χ4n) is 2.51. The van der Waals surface area contributed by atoms with Crippen molar-refractivity contribution in [1.82, 2.24) is 4.31 Å². The topological polar surface area (TPSA) is 57.6 Å². The van der Waals surface area contributed by atoms with Gasteiger partial charge >= 0.3 is 0 Å². The highest BCUT2D eigenvalue weighted by atomic mass is 32.2. The van der Waals surface area contributed by atoms with Crippen LogP contribution in [0.2, 0.25) is 0 Å². The average Bonchev–Trinajstić information content (AvgIpc) is 2.79. The Bertz CT molecular complexity index is 581. The lowest BCUT2D eigenvalue weighted by atomic mass is 10.1. The Kier molecular flexibility index (Phi) is 3.99. The molecule has 19 heavy (non-hydrogen) atoms. The zero-order chi connectivity index (χ0) is 14.2. The molecule has 1 unspecified atom stereocenters. The predicted octanol–water partition coefficient (Wildman–Crippen LogP) is 1.83. The number of nitrogens with zero attached hydrogens (tertiary/aromatic N) is 1. The summed E-state index contributed by atoms with van der Waals surface area (Å²) in [6.07, 6.45) is 0.914. The Labute approximate surface area is 115 Å². The fourth-order valence-corrected chi connectivity index (χ4v) is 4.43. The van der Waals surface area contributed by atoms with Gasteiger partial charge in [0.15, 0.2) is 0 Å². The highest BCUT2D eigenvalue weighted by molar-refractivity contribution is 7.89. The van der Waals surface area contributed by atoms with Crippen LogP contribution in [0.1, 0.15) is 30.0 Å². The van der Waals surface area contributed by atoms with E-state index in [0.717, 1.165) is 17.5 Å². The zero-order valence-corrected chi connectivity index (χ0v) is 12.5. The lowest BCUT2D eigenvalue weighted by molar-refractivity contribution is 0.281. The molecule has 0 radical (unpaired) electrons. The van der Waals surface area contributed by atoms with Crippen molar-refractivity contribution < 1.29 is 13.5 Å². The van der Waals surface area contributed by atoms with E-state index in [2.05, 4.69) is 6.92 Å². The number of aliphatic hydroxyl groups is 1. The monoisotopic (exact) mass is 283 g/mol. The fraction of sp³-hybridized carbons (Fsp3) is 0.571. The van der Waals surface area contributed by atoms with Crippen LogP contribution in [0.4, 0.5) is 0 Å². The predicted molar refractivity (Wildman–Crippen MR) is 74.4 cm³/mol. The molecule has 0 amide bonds. The average molecular weight is 283 g/mol. The first-order valence-corrected chi connectivity index (χ1v) is 8.01. The van der Waals surface area contributed by atoms with Gasteiger partial charge in [-0.2, -0.15) is 4.31 Å². The molecular weight excluding hydrogens is 262 g/mol. The van der Waals surface area contributed by atoms with Crippen molar-refractivity contribution in [3.8, 4) is 0 Å². The molecule has 0 saturated carbocycles. The second-order valence-corrected chi connectivity index (χ2v) is 7.36. The van der Waals surface area contributed by atoms with Gasteiger partial charge < -0.3 is 5.11 Å². The first-order valence-electron chi connectivity index (χ1n) is 6.57. The van der Waals surface area contributed by atoms with Crippen LogP contribution in [0, 0.1) is 19.8 Å². The lowest BCUT2D eigenvalue weighted by Gasteiger charge is -2.19. The SMILES string of the molecule is Cc1cc(CO)cc(S(=O)(=O)N2CCC(C)C2)c1C. The highest BCUT2D eigenvalue weighted by Gasteiger charge is 2.32. The van der Waals surface area contributed by atoms with Gasteiger partial charge in [0.25, 0.3) is 0 Å². The third kappa shape index (κ3) is 2.68. The van der Waals surface area contributed by atoms with Gasteiger partial charge in [-0.05, 0) is 48.9 Å². The number of aliphatic hydroxyl groups excluding tert-OH is 1. The molecule has 1 aromatic carbocycles. The number of rotatable bonds is 3. The molecule has 1 atom stereocenters. The highest BCUT2D eigenvalue weighted by Crippen LogP contribution is 2.28. The van der Waals surface area contributed by atoms with Crippen LogP contribution in [-0.2, 0) is 16.6 Å². The summed E-state index contributed by atoms with van der Waals surface area (Å²) in [7, 11) is -3.44. The van der Waals surface area contributed by atoms with Gasteiger partial charge in [0.1, 0.15) is 0 Å². The molecule has 0 bridgehead atoms. The third-order valence-electron chi connectivity index (χ3n) is 3.87. The van der Waals surface area contributed by atoms with Crippen LogP contribution in [-0.4, -0.2) is 30.9 Å². The van der Waals surface area contributed by atoms with E-state index in [0.29, 0.717) is 29.5 Å². The minimum Gasteiger partial charge on any atom is -0.392 e. The molecule has 0 aliphatic carbocycles. The van der Waals surface area contributed by atoms with Gasteiger partial charge in [-0.15, -0.1) is 0 Å². The maximum absolute atomic E-state index is 12.7. The number of hydrogen-bond acceptors (Lipinski definition) is 3. The molecule has 1 aliphatic heterocycles. The number of aryl methyl sites for hydroxylation is 1. The van der Waals surface area contributed by atoms with Crippen molar-refractivity contribution >= 4 is 10.0 Å². The Balaban J connectivity index is 2.48. The van der Waals surface area contributed by atoms with Gasteiger partial charge in [0.2, 0.25) is 10.0 Å². The van der Waals surface area contributed by atoms with Gasteiger partial charge in [0, 0.05) is 13.1 Å². The van der Waals surface area contributed by atoms with Crippen LogP contribution in [0.15, 0.2) is 17.0 Å². The molecule has 106 valence electrons. The largest absolute Gasteiger partial charge is 0.392 e. The molecule has 1 aliphatic rings. The Morgan fingerprint density at radius 1 is 1.37 bits per heavy atom. The summed E-state index contributed by atoms with van der Waals surface area (Å²) in [5.74, 6) is 0.414. The van der Waals surface area contributed by atoms with E-state index in [-0.39, 0.29) is 6.61 Å². The Morgan fingerprint density at radius 2 is 2.05 bits per heavy atom. The minimum absolute atomic E-state index is 0.139. The summed E-state index contributed by atoms with van der Waals surface area (Å²) < 4.78 is 26.9. The van der Waals surface area contributed by atoms with Crippen molar-refractivity contribution in [3.63, 3.8) is 0 Å². The summed E-state index contributed by atoms with van der Waals surface area (Å²) >= 11 is 0. The number of sulfonamides is 1. The second kappa shape index (κ2) is 5.23. The zero-order valence-electron chi connectivity index (χ0n) is 11.7. The summed E-state index contributed by atoms with van der Waals surface area (Å²) in [5, 5.41) is 9.24. The molecule has 1 aromatic rings. The van der Waals surface area contributed by atoms with E-state index in [4.69, 9.17) is 0 Å². The maximum Gasteiger partial charge on any atom is 0.243 e. The van der Waals surface area contributed by atoms with E-state index in [1.165, 1.54) is 0 Å². The van der Waals surface area contributed by atoms with Crippen molar-refractivity contribution in [1.29, 1.82) is 0 Å². The quantitative estimate of drug-likeness (QED) is 0.920. The van der Waals surface area contributed by atoms with Crippen molar-refractivity contribution in [3.05, 3.63) is 28.8 Å². The molecule has 1 heterocycles. The summed E-state index contributed by atoms with van der Waals surface area (Å²) in [4.78, 5) is 0.339. The van der Waals surface area contributed by atoms with Crippen LogP contribution in [0.25, 0.3) is 0 Å². The van der Waals surface area contributed by atoms with Crippen molar-refractivity contribution in [2.45, 2.75) is 38.7 Å². The van der Waals surface area contributed by atoms with Crippen LogP contribution >= 0.6 is 0 Å². The van der Waals surface area contributed by atoms with Crippen LogP contribution < -0.4 is 0 Å². The standard InChI is InChI=1S/C14H21NO3S/c1-10-4-5-15(8-10)19(17,18)14-7-13(9-16)6-11(2)12(14)3/h6-7,10,16H,4-5,8-9H2,1-3H3. The Morgan fingerprint density at radius 3 is 2.58 bits per heavy atom. The van der Waals surface area contributed by atoms with E-state index in [1.807, 2.05) is 19.9 Å².